The summed E-state index contributed by atoms with van der Waals surface area (Å²) < 4.78 is 30.8. The summed E-state index contributed by atoms with van der Waals surface area (Å²) in [4.78, 5) is 18.8. The summed E-state index contributed by atoms with van der Waals surface area (Å²) in [7, 11) is -2.21. The predicted octanol–water partition coefficient (Wildman–Crippen LogP) is 2.27. The second-order valence-electron chi connectivity index (χ2n) is 7.13. The minimum absolute atomic E-state index is 0.00305. The van der Waals surface area contributed by atoms with Crippen molar-refractivity contribution >= 4 is 15.9 Å². The Morgan fingerprint density at radius 3 is 2.86 bits per heavy atom. The molecule has 152 valence electrons. The number of amides is 1. The molecule has 1 aliphatic heterocycles. The zero-order valence-electron chi connectivity index (χ0n) is 16.6. The Hall–Kier alpha value is -2.26. The minimum Gasteiger partial charge on any atom is -0.342 e. The monoisotopic (exact) mass is 405 g/mol. The van der Waals surface area contributed by atoms with E-state index in [4.69, 9.17) is 0 Å². The molecule has 1 aromatic carbocycles. The van der Waals surface area contributed by atoms with Crippen molar-refractivity contribution in [3.63, 3.8) is 0 Å². The van der Waals surface area contributed by atoms with Crippen molar-refractivity contribution in [2.45, 2.75) is 57.0 Å². The molecular formula is C19H27N5O3S. The molecule has 2 heterocycles. The summed E-state index contributed by atoms with van der Waals surface area (Å²) in [5.74, 6) is 0.947. The van der Waals surface area contributed by atoms with E-state index in [1.165, 1.54) is 6.07 Å². The van der Waals surface area contributed by atoms with Gasteiger partial charge in [-0.05, 0) is 38.3 Å². The number of carbonyl (C=O) groups excluding carboxylic acids is 1. The van der Waals surface area contributed by atoms with E-state index in [0.717, 1.165) is 25.8 Å². The highest BCUT2D eigenvalue weighted by Crippen LogP contribution is 2.26. The van der Waals surface area contributed by atoms with Crippen LogP contribution in [0.2, 0.25) is 0 Å². The normalized spacial score (nSPS) is 16.6. The van der Waals surface area contributed by atoms with Crippen LogP contribution in [-0.4, -0.2) is 47.6 Å². The van der Waals surface area contributed by atoms with Gasteiger partial charge in [-0.25, -0.2) is 22.8 Å². The van der Waals surface area contributed by atoms with Crippen LogP contribution in [0.4, 0.5) is 0 Å². The number of hydrogen-bond acceptors (Lipinski definition) is 5. The molecule has 28 heavy (non-hydrogen) atoms. The Kier molecular flexibility index (Phi) is 6.14. The maximum absolute atomic E-state index is 13.1. The number of carbonyl (C=O) groups is 1. The molecule has 0 aliphatic carbocycles. The lowest BCUT2D eigenvalue weighted by Gasteiger charge is -2.24. The summed E-state index contributed by atoms with van der Waals surface area (Å²) in [5.41, 5.74) is 0.182. The molecule has 1 atom stereocenters. The Bertz CT molecular complexity index is 954. The quantitative estimate of drug-likeness (QED) is 0.762. The lowest BCUT2D eigenvalue weighted by molar-refractivity contribution is 0.0789. The minimum atomic E-state index is -3.90. The van der Waals surface area contributed by atoms with Crippen molar-refractivity contribution in [1.29, 1.82) is 0 Å². The Balaban J connectivity index is 1.88. The highest BCUT2D eigenvalue weighted by atomic mass is 32.2. The number of nitrogens with one attached hydrogen (secondary N) is 1. The molecule has 8 nitrogen and oxygen atoms in total. The van der Waals surface area contributed by atoms with E-state index in [9.17, 15) is 13.2 Å². The van der Waals surface area contributed by atoms with Crippen molar-refractivity contribution in [2.75, 3.05) is 13.6 Å². The number of aryl methyl sites for hydroxylation is 2. The van der Waals surface area contributed by atoms with Crippen LogP contribution in [0.5, 0.6) is 0 Å². The standard InChI is InChI=1S/C19H27N5O3S/c1-4-5-12-23(3)19(25)15-9-6-7-11-17(15)28(26,27)22-16-10-8-13-24-18(16)20-14(2)21-24/h6-7,9,11,16,22H,4-5,8,10,12-13H2,1-3H3/t16-/m1/s1. The summed E-state index contributed by atoms with van der Waals surface area (Å²) in [5, 5.41) is 4.31. The number of benzene rings is 1. The molecule has 1 N–H and O–H groups in total. The summed E-state index contributed by atoms with van der Waals surface area (Å²) in [6.45, 7) is 5.15. The topological polar surface area (TPSA) is 97.2 Å². The molecule has 0 saturated carbocycles. The number of nitrogens with zero attached hydrogens (tertiary/aromatic N) is 4. The predicted molar refractivity (Wildman–Crippen MR) is 105 cm³/mol. The lowest BCUT2D eigenvalue weighted by atomic mass is 10.1. The molecule has 0 spiro atoms. The molecule has 0 bridgehead atoms. The van der Waals surface area contributed by atoms with Gasteiger partial charge in [-0.3, -0.25) is 4.79 Å². The van der Waals surface area contributed by atoms with Gasteiger partial charge in [0, 0.05) is 20.1 Å². The van der Waals surface area contributed by atoms with Gasteiger partial charge in [-0.15, -0.1) is 0 Å². The van der Waals surface area contributed by atoms with Crippen LogP contribution in [-0.2, 0) is 16.6 Å². The fraction of sp³-hybridized carbons (Fsp3) is 0.526. The van der Waals surface area contributed by atoms with Crippen LogP contribution >= 0.6 is 0 Å². The molecular weight excluding hydrogens is 378 g/mol. The van der Waals surface area contributed by atoms with Gasteiger partial charge in [0.05, 0.1) is 16.5 Å². The summed E-state index contributed by atoms with van der Waals surface area (Å²) in [6.07, 6.45) is 3.28. The summed E-state index contributed by atoms with van der Waals surface area (Å²) >= 11 is 0. The van der Waals surface area contributed by atoms with E-state index in [0.29, 0.717) is 24.6 Å². The molecule has 2 aromatic rings. The second-order valence-corrected chi connectivity index (χ2v) is 8.82. The van der Waals surface area contributed by atoms with E-state index in [1.807, 2.05) is 6.92 Å². The maximum Gasteiger partial charge on any atom is 0.254 e. The SMILES string of the molecule is CCCCN(C)C(=O)c1ccccc1S(=O)(=O)N[C@@H]1CCCn2nc(C)nc21. The van der Waals surface area contributed by atoms with Crippen LogP contribution in [0.25, 0.3) is 0 Å². The second kappa shape index (κ2) is 8.40. The van der Waals surface area contributed by atoms with Crippen molar-refractivity contribution in [3.05, 3.63) is 41.5 Å². The van der Waals surface area contributed by atoms with Gasteiger partial charge < -0.3 is 4.90 Å². The molecule has 0 unspecified atom stereocenters. The zero-order valence-corrected chi connectivity index (χ0v) is 17.4. The highest BCUT2D eigenvalue weighted by molar-refractivity contribution is 7.89. The van der Waals surface area contributed by atoms with Gasteiger partial charge in [0.1, 0.15) is 11.6 Å². The van der Waals surface area contributed by atoms with Crippen LogP contribution in [0.15, 0.2) is 29.2 Å². The number of rotatable bonds is 7. The molecule has 1 aliphatic rings. The first-order valence-corrected chi connectivity index (χ1v) is 11.1. The number of fused-ring (bicyclic) bond motifs is 1. The van der Waals surface area contributed by atoms with E-state index in [2.05, 4.69) is 14.8 Å². The number of hydrogen-bond donors (Lipinski definition) is 1. The Morgan fingerprint density at radius 2 is 2.11 bits per heavy atom. The van der Waals surface area contributed by atoms with Crippen LogP contribution in [0.3, 0.4) is 0 Å². The van der Waals surface area contributed by atoms with Gasteiger partial charge in [-0.2, -0.15) is 5.10 Å². The average molecular weight is 406 g/mol. The summed E-state index contributed by atoms with van der Waals surface area (Å²) in [6, 6.07) is 5.89. The Labute approximate surface area is 166 Å². The molecule has 0 radical (unpaired) electrons. The molecule has 0 fully saturated rings. The first kappa shape index (κ1) is 20.5. The van der Waals surface area contributed by atoms with Crippen LogP contribution in [0.1, 0.15) is 60.7 Å². The van der Waals surface area contributed by atoms with Crippen molar-refractivity contribution in [2.24, 2.45) is 0 Å². The van der Waals surface area contributed by atoms with E-state index in [-0.39, 0.29) is 16.4 Å². The molecule has 9 heteroatoms. The van der Waals surface area contributed by atoms with Crippen molar-refractivity contribution in [1.82, 2.24) is 24.4 Å². The van der Waals surface area contributed by atoms with Crippen molar-refractivity contribution in [3.8, 4) is 0 Å². The smallest absolute Gasteiger partial charge is 0.254 e. The van der Waals surface area contributed by atoms with Gasteiger partial charge in [0.25, 0.3) is 5.91 Å². The third kappa shape index (κ3) is 4.25. The largest absolute Gasteiger partial charge is 0.342 e. The van der Waals surface area contributed by atoms with Crippen molar-refractivity contribution < 1.29 is 13.2 Å². The first-order chi connectivity index (χ1) is 13.3. The van der Waals surface area contributed by atoms with Gasteiger partial charge >= 0.3 is 0 Å². The Morgan fingerprint density at radius 1 is 1.36 bits per heavy atom. The molecule has 3 rings (SSSR count). The van der Waals surface area contributed by atoms with E-state index >= 15 is 0 Å². The van der Waals surface area contributed by atoms with Gasteiger partial charge in [0.2, 0.25) is 10.0 Å². The molecule has 1 aromatic heterocycles. The zero-order chi connectivity index (χ0) is 20.3. The fourth-order valence-corrected chi connectivity index (χ4v) is 4.84. The number of unbranched alkanes of at least 4 members (excludes halogenated alkanes) is 1. The first-order valence-electron chi connectivity index (χ1n) is 9.61. The van der Waals surface area contributed by atoms with E-state index < -0.39 is 16.1 Å². The highest BCUT2D eigenvalue weighted by Gasteiger charge is 2.31. The number of sulfonamides is 1. The fourth-order valence-electron chi connectivity index (χ4n) is 3.41. The van der Waals surface area contributed by atoms with Gasteiger partial charge in [-0.1, -0.05) is 25.5 Å². The average Bonchev–Trinajstić information content (AvgIpc) is 3.06. The van der Waals surface area contributed by atoms with Crippen LogP contribution in [0, 0.1) is 6.92 Å². The molecule has 0 saturated heterocycles. The maximum atomic E-state index is 13.1. The lowest BCUT2D eigenvalue weighted by Crippen LogP contribution is -2.35. The van der Waals surface area contributed by atoms with E-state index in [1.54, 1.807) is 41.8 Å². The third-order valence-corrected chi connectivity index (χ3v) is 6.41. The van der Waals surface area contributed by atoms with Gasteiger partial charge in [0.15, 0.2) is 0 Å². The van der Waals surface area contributed by atoms with Crippen LogP contribution < -0.4 is 4.72 Å². The number of aromatic nitrogens is 3. The molecule has 1 amide bonds. The third-order valence-electron chi connectivity index (χ3n) is 4.88.